The highest BCUT2D eigenvalue weighted by atomic mass is 16.5. The van der Waals surface area contributed by atoms with Gasteiger partial charge in [0.1, 0.15) is 5.82 Å². The third-order valence-electron chi connectivity index (χ3n) is 4.06. The Labute approximate surface area is 135 Å². The normalized spacial score (nSPS) is 17.9. The van der Waals surface area contributed by atoms with Crippen molar-refractivity contribution in [2.24, 2.45) is 5.92 Å². The molecule has 1 fully saturated rings. The summed E-state index contributed by atoms with van der Waals surface area (Å²) in [4.78, 5) is 16.3. The second-order valence-corrected chi connectivity index (χ2v) is 5.99. The maximum absolute atomic E-state index is 12.0. The van der Waals surface area contributed by atoms with Crippen molar-refractivity contribution in [1.82, 2.24) is 15.2 Å². The van der Waals surface area contributed by atoms with Crippen molar-refractivity contribution >= 4 is 11.6 Å². The summed E-state index contributed by atoms with van der Waals surface area (Å²) >= 11 is 0. The first-order chi connectivity index (χ1) is 11.2. The summed E-state index contributed by atoms with van der Waals surface area (Å²) in [5.41, 5.74) is 1.72. The molecule has 122 valence electrons. The van der Waals surface area contributed by atoms with Crippen LogP contribution in [0, 0.1) is 12.8 Å². The molecule has 0 saturated carbocycles. The second-order valence-electron chi connectivity index (χ2n) is 5.99. The van der Waals surface area contributed by atoms with Crippen molar-refractivity contribution in [3.63, 3.8) is 0 Å². The number of nitrogens with one attached hydrogen (secondary N) is 2. The fraction of sp³-hybridized carbons (Fsp3) is 0.471. The number of aromatic amines is 1. The van der Waals surface area contributed by atoms with E-state index in [4.69, 9.17) is 4.74 Å². The van der Waals surface area contributed by atoms with Gasteiger partial charge in [0.05, 0.1) is 0 Å². The van der Waals surface area contributed by atoms with E-state index in [0.717, 1.165) is 49.6 Å². The molecule has 2 heterocycles. The zero-order chi connectivity index (χ0) is 16.1. The van der Waals surface area contributed by atoms with E-state index < -0.39 is 0 Å². The van der Waals surface area contributed by atoms with Crippen molar-refractivity contribution in [2.75, 3.05) is 18.5 Å². The lowest BCUT2D eigenvalue weighted by Crippen LogP contribution is -2.20. The fourth-order valence-corrected chi connectivity index (χ4v) is 2.77. The number of benzene rings is 1. The number of carbonyl (C=O) groups is 1. The molecule has 1 aromatic heterocycles. The number of rotatable bonds is 5. The van der Waals surface area contributed by atoms with Crippen LogP contribution in [0.25, 0.3) is 11.4 Å². The molecule has 0 spiro atoms. The quantitative estimate of drug-likeness (QED) is 0.889. The highest BCUT2D eigenvalue weighted by molar-refractivity contribution is 5.90. The maximum atomic E-state index is 12.0. The standard InChI is InChI=1S/C17H22N4O2/c1-12-18-17(21-20-12)14-5-7-15(8-6-14)19-16(22)9-4-13-3-2-10-23-11-13/h5-8,13H,2-4,9-11H2,1H3,(H,19,22)(H,18,20,21)/t13-/m0/s1. The summed E-state index contributed by atoms with van der Waals surface area (Å²) in [6.45, 7) is 3.51. The van der Waals surface area contributed by atoms with E-state index >= 15 is 0 Å². The molecule has 1 saturated heterocycles. The predicted octanol–water partition coefficient (Wildman–Crippen LogP) is 2.93. The van der Waals surface area contributed by atoms with Gasteiger partial charge in [0.25, 0.3) is 0 Å². The molecular weight excluding hydrogens is 292 g/mol. The van der Waals surface area contributed by atoms with Gasteiger partial charge in [-0.2, -0.15) is 5.10 Å². The first-order valence-electron chi connectivity index (χ1n) is 8.08. The summed E-state index contributed by atoms with van der Waals surface area (Å²) in [5, 5.41) is 9.88. The predicted molar refractivity (Wildman–Crippen MR) is 88.0 cm³/mol. The highest BCUT2D eigenvalue weighted by Gasteiger charge is 2.15. The van der Waals surface area contributed by atoms with Crippen molar-refractivity contribution in [2.45, 2.75) is 32.6 Å². The van der Waals surface area contributed by atoms with Gasteiger partial charge in [-0.15, -0.1) is 0 Å². The largest absolute Gasteiger partial charge is 0.381 e. The molecule has 1 aliphatic rings. The molecule has 0 radical (unpaired) electrons. The highest BCUT2D eigenvalue weighted by Crippen LogP contribution is 2.20. The number of hydrogen-bond acceptors (Lipinski definition) is 4. The zero-order valence-corrected chi connectivity index (χ0v) is 13.3. The van der Waals surface area contributed by atoms with Crippen molar-refractivity contribution in [3.8, 4) is 11.4 Å². The Morgan fingerprint density at radius 3 is 2.87 bits per heavy atom. The van der Waals surface area contributed by atoms with Crippen LogP contribution in [0.3, 0.4) is 0 Å². The summed E-state index contributed by atoms with van der Waals surface area (Å²) in [7, 11) is 0. The van der Waals surface area contributed by atoms with Gasteiger partial charge in [0.2, 0.25) is 5.91 Å². The van der Waals surface area contributed by atoms with Crippen LogP contribution in [0.5, 0.6) is 0 Å². The van der Waals surface area contributed by atoms with Gasteiger partial charge in [0, 0.05) is 30.9 Å². The van der Waals surface area contributed by atoms with Gasteiger partial charge < -0.3 is 10.1 Å². The van der Waals surface area contributed by atoms with Crippen LogP contribution in [0.15, 0.2) is 24.3 Å². The van der Waals surface area contributed by atoms with Crippen LogP contribution in [0.1, 0.15) is 31.5 Å². The topological polar surface area (TPSA) is 79.9 Å². The van der Waals surface area contributed by atoms with Crippen LogP contribution < -0.4 is 5.32 Å². The van der Waals surface area contributed by atoms with Crippen molar-refractivity contribution in [1.29, 1.82) is 0 Å². The molecule has 23 heavy (non-hydrogen) atoms. The van der Waals surface area contributed by atoms with E-state index in [9.17, 15) is 4.79 Å². The third kappa shape index (κ3) is 4.39. The van der Waals surface area contributed by atoms with E-state index in [0.29, 0.717) is 18.2 Å². The monoisotopic (exact) mass is 314 g/mol. The summed E-state index contributed by atoms with van der Waals surface area (Å²) in [5.74, 6) is 2.02. The molecule has 1 atom stereocenters. The minimum Gasteiger partial charge on any atom is -0.381 e. The lowest BCUT2D eigenvalue weighted by molar-refractivity contribution is -0.116. The SMILES string of the molecule is Cc1nc(-c2ccc(NC(=O)CC[C@@H]3CCCOC3)cc2)n[nH]1. The van der Waals surface area contributed by atoms with Crippen LogP contribution in [0.4, 0.5) is 5.69 Å². The Balaban J connectivity index is 1.50. The van der Waals surface area contributed by atoms with Gasteiger partial charge in [-0.1, -0.05) is 0 Å². The van der Waals surface area contributed by atoms with E-state index in [2.05, 4.69) is 20.5 Å². The van der Waals surface area contributed by atoms with Crippen molar-refractivity contribution < 1.29 is 9.53 Å². The number of amides is 1. The minimum absolute atomic E-state index is 0.0528. The third-order valence-corrected chi connectivity index (χ3v) is 4.06. The summed E-state index contributed by atoms with van der Waals surface area (Å²) in [6.07, 6.45) is 3.70. The molecule has 1 amide bonds. The van der Waals surface area contributed by atoms with E-state index in [1.54, 1.807) is 0 Å². The van der Waals surface area contributed by atoms with Gasteiger partial charge >= 0.3 is 0 Å². The van der Waals surface area contributed by atoms with Gasteiger partial charge in [-0.3, -0.25) is 9.89 Å². The molecule has 1 aromatic carbocycles. The van der Waals surface area contributed by atoms with E-state index in [-0.39, 0.29) is 5.91 Å². The van der Waals surface area contributed by atoms with Crippen LogP contribution in [-0.4, -0.2) is 34.3 Å². The molecule has 0 bridgehead atoms. The molecule has 6 nitrogen and oxygen atoms in total. The molecule has 2 aromatic rings. The fourth-order valence-electron chi connectivity index (χ4n) is 2.77. The number of carbonyl (C=O) groups excluding carboxylic acids is 1. The van der Waals surface area contributed by atoms with E-state index in [1.807, 2.05) is 31.2 Å². The lowest BCUT2D eigenvalue weighted by Gasteiger charge is -2.21. The molecule has 2 N–H and O–H groups in total. The number of aromatic nitrogens is 3. The van der Waals surface area contributed by atoms with Gasteiger partial charge in [-0.25, -0.2) is 4.98 Å². The first kappa shape index (κ1) is 15.7. The number of H-pyrrole nitrogens is 1. The summed E-state index contributed by atoms with van der Waals surface area (Å²) in [6, 6.07) is 7.58. The number of aryl methyl sites for hydroxylation is 1. The number of ether oxygens (including phenoxy) is 1. The molecule has 1 aliphatic heterocycles. The molecule has 3 rings (SSSR count). The van der Waals surface area contributed by atoms with E-state index in [1.165, 1.54) is 0 Å². The zero-order valence-electron chi connectivity index (χ0n) is 13.3. The second kappa shape index (κ2) is 7.37. The average Bonchev–Trinajstić information content (AvgIpc) is 3.01. The van der Waals surface area contributed by atoms with Gasteiger partial charge in [-0.05, 0) is 56.4 Å². The summed E-state index contributed by atoms with van der Waals surface area (Å²) < 4.78 is 5.44. The Bertz CT molecular complexity index is 645. The molecular formula is C17H22N4O2. The average molecular weight is 314 g/mol. The number of anilines is 1. The number of hydrogen-bond donors (Lipinski definition) is 2. The molecule has 6 heteroatoms. The van der Waals surface area contributed by atoms with Gasteiger partial charge in [0.15, 0.2) is 5.82 Å². The smallest absolute Gasteiger partial charge is 0.224 e. The van der Waals surface area contributed by atoms with Crippen molar-refractivity contribution in [3.05, 3.63) is 30.1 Å². The Morgan fingerprint density at radius 2 is 2.22 bits per heavy atom. The van der Waals surface area contributed by atoms with Crippen LogP contribution in [-0.2, 0) is 9.53 Å². The Kier molecular flexibility index (Phi) is 5.02. The first-order valence-corrected chi connectivity index (χ1v) is 8.08. The molecule has 0 aliphatic carbocycles. The lowest BCUT2D eigenvalue weighted by atomic mass is 9.97. The Morgan fingerprint density at radius 1 is 1.39 bits per heavy atom. The van der Waals surface area contributed by atoms with Crippen LogP contribution in [0.2, 0.25) is 0 Å². The molecule has 0 unspecified atom stereocenters. The van der Waals surface area contributed by atoms with Crippen LogP contribution >= 0.6 is 0 Å². The minimum atomic E-state index is 0.0528. The maximum Gasteiger partial charge on any atom is 0.224 e. The number of nitrogens with zero attached hydrogens (tertiary/aromatic N) is 2. The Hall–Kier alpha value is -2.21.